The number of phenols is 1. The average Bonchev–Trinajstić information content (AvgIpc) is 2.37. The number of allylic oxidation sites excluding steroid dienone is 1. The molecule has 0 saturated heterocycles. The summed E-state index contributed by atoms with van der Waals surface area (Å²) < 4.78 is 0. The van der Waals surface area contributed by atoms with E-state index in [-0.39, 0.29) is 11.6 Å². The van der Waals surface area contributed by atoms with Crippen LogP contribution in [0.3, 0.4) is 0 Å². The molecule has 0 bridgehead atoms. The van der Waals surface area contributed by atoms with Crippen LogP contribution in [0.15, 0.2) is 40.6 Å². The van der Waals surface area contributed by atoms with Crippen molar-refractivity contribution < 1.29 is 5.11 Å². The molecule has 0 aliphatic carbocycles. The zero-order valence-corrected chi connectivity index (χ0v) is 11.1. The van der Waals surface area contributed by atoms with Crippen molar-refractivity contribution in [1.82, 2.24) is 0 Å². The number of hydrogen-bond acceptors (Lipinski definition) is 3. The van der Waals surface area contributed by atoms with Gasteiger partial charge >= 0.3 is 0 Å². The first-order valence-electron chi connectivity index (χ1n) is 5.81. The van der Waals surface area contributed by atoms with Crippen molar-refractivity contribution in [3.05, 3.63) is 41.5 Å². The van der Waals surface area contributed by atoms with E-state index in [0.29, 0.717) is 5.56 Å². The van der Waals surface area contributed by atoms with E-state index in [1.165, 1.54) is 0 Å². The van der Waals surface area contributed by atoms with E-state index in [1.54, 1.807) is 18.2 Å². The molecule has 1 aromatic rings. The molecule has 4 heteroatoms. The van der Waals surface area contributed by atoms with Crippen molar-refractivity contribution in [1.29, 1.82) is 0 Å². The monoisotopic (exact) mass is 245 g/mol. The van der Waals surface area contributed by atoms with E-state index in [1.807, 2.05) is 20.8 Å². The van der Waals surface area contributed by atoms with Crippen molar-refractivity contribution in [2.24, 2.45) is 15.9 Å². The molecule has 1 rings (SSSR count). The van der Waals surface area contributed by atoms with Gasteiger partial charge in [-0.3, -0.25) is 0 Å². The highest BCUT2D eigenvalue weighted by Crippen LogP contribution is 2.17. The Kier molecular flexibility index (Phi) is 4.66. The Balaban J connectivity index is 2.96. The number of rotatable bonds is 4. The number of nitrogens with zero attached hydrogens (tertiary/aromatic N) is 2. The number of aryl methyl sites for hydroxylation is 1. The first-order valence-corrected chi connectivity index (χ1v) is 5.81. The van der Waals surface area contributed by atoms with Gasteiger partial charge in [0, 0.05) is 5.56 Å². The SMILES string of the molecule is C=C(CC)/C(C)=N\N=C(/N)c1ccc(C)c(O)c1. The van der Waals surface area contributed by atoms with E-state index in [4.69, 9.17) is 5.73 Å². The first kappa shape index (κ1) is 14.0. The van der Waals surface area contributed by atoms with Crippen LogP contribution < -0.4 is 5.73 Å². The Labute approximate surface area is 108 Å². The number of nitrogens with two attached hydrogens (primary N) is 1. The fourth-order valence-corrected chi connectivity index (χ4v) is 1.28. The van der Waals surface area contributed by atoms with Crippen molar-refractivity contribution in [2.75, 3.05) is 0 Å². The molecule has 0 aliphatic rings. The smallest absolute Gasteiger partial charge is 0.153 e. The lowest BCUT2D eigenvalue weighted by Gasteiger charge is -2.03. The highest BCUT2D eigenvalue weighted by Gasteiger charge is 2.02. The van der Waals surface area contributed by atoms with Gasteiger partial charge < -0.3 is 10.8 Å². The number of amidine groups is 1. The van der Waals surface area contributed by atoms with Gasteiger partial charge in [0.15, 0.2) is 5.84 Å². The molecule has 0 radical (unpaired) electrons. The van der Waals surface area contributed by atoms with E-state index in [0.717, 1.165) is 23.3 Å². The maximum absolute atomic E-state index is 9.59. The van der Waals surface area contributed by atoms with Crippen LogP contribution in [-0.2, 0) is 0 Å². The summed E-state index contributed by atoms with van der Waals surface area (Å²) >= 11 is 0. The molecule has 0 amide bonds. The third-order valence-electron chi connectivity index (χ3n) is 2.75. The van der Waals surface area contributed by atoms with Gasteiger partial charge in [-0.05, 0) is 37.5 Å². The first-order chi connectivity index (χ1) is 8.45. The molecular weight excluding hydrogens is 226 g/mol. The fourth-order valence-electron chi connectivity index (χ4n) is 1.28. The molecule has 0 saturated carbocycles. The third kappa shape index (κ3) is 3.45. The van der Waals surface area contributed by atoms with Gasteiger partial charge in [0.2, 0.25) is 0 Å². The standard InChI is InChI=1S/C14H19N3O/c1-5-9(2)11(4)16-17-14(15)12-7-6-10(3)13(18)8-12/h6-8,18H,2,5H2,1,3-4H3,(H2,15,17)/b16-11-. The topological polar surface area (TPSA) is 71.0 Å². The van der Waals surface area contributed by atoms with Crippen molar-refractivity contribution in [2.45, 2.75) is 27.2 Å². The summed E-state index contributed by atoms with van der Waals surface area (Å²) in [5, 5.41) is 17.6. The van der Waals surface area contributed by atoms with Crippen molar-refractivity contribution in [3.8, 4) is 5.75 Å². The maximum Gasteiger partial charge on any atom is 0.153 e. The highest BCUT2D eigenvalue weighted by atomic mass is 16.3. The van der Waals surface area contributed by atoms with Gasteiger partial charge in [0.1, 0.15) is 5.75 Å². The molecule has 0 aromatic heterocycles. The van der Waals surface area contributed by atoms with Crippen LogP contribution in [0.2, 0.25) is 0 Å². The van der Waals surface area contributed by atoms with Gasteiger partial charge in [-0.15, -0.1) is 5.10 Å². The Bertz CT molecular complexity index is 516. The number of hydrogen-bond donors (Lipinski definition) is 2. The van der Waals surface area contributed by atoms with Crippen LogP contribution in [-0.4, -0.2) is 16.7 Å². The summed E-state index contributed by atoms with van der Waals surface area (Å²) in [4.78, 5) is 0. The van der Waals surface area contributed by atoms with Crippen LogP contribution in [0, 0.1) is 6.92 Å². The Hall–Kier alpha value is -2.10. The molecule has 96 valence electrons. The summed E-state index contributed by atoms with van der Waals surface area (Å²) in [6.45, 7) is 9.54. The minimum Gasteiger partial charge on any atom is -0.508 e. The maximum atomic E-state index is 9.59. The third-order valence-corrected chi connectivity index (χ3v) is 2.75. The van der Waals surface area contributed by atoms with Crippen LogP contribution in [0.4, 0.5) is 0 Å². The van der Waals surface area contributed by atoms with Gasteiger partial charge in [0.05, 0.1) is 5.71 Å². The quantitative estimate of drug-likeness (QED) is 0.486. The van der Waals surface area contributed by atoms with Crippen molar-refractivity contribution >= 4 is 11.5 Å². The zero-order chi connectivity index (χ0) is 13.7. The number of phenolic OH excluding ortho intramolecular Hbond substituents is 1. The minimum atomic E-state index is 0.198. The van der Waals surface area contributed by atoms with Crippen molar-refractivity contribution in [3.63, 3.8) is 0 Å². The molecule has 1 aromatic carbocycles. The zero-order valence-electron chi connectivity index (χ0n) is 11.1. The minimum absolute atomic E-state index is 0.198. The predicted molar refractivity (Wildman–Crippen MR) is 76.1 cm³/mol. The van der Waals surface area contributed by atoms with Crippen LogP contribution >= 0.6 is 0 Å². The molecular formula is C14H19N3O. The molecule has 4 nitrogen and oxygen atoms in total. The Morgan fingerprint density at radius 2 is 2.06 bits per heavy atom. The van der Waals surface area contributed by atoms with Gasteiger partial charge in [-0.25, -0.2) is 0 Å². The lowest BCUT2D eigenvalue weighted by Crippen LogP contribution is -2.13. The number of aromatic hydroxyl groups is 1. The molecule has 0 atom stereocenters. The fraction of sp³-hybridized carbons (Fsp3) is 0.286. The Morgan fingerprint density at radius 3 is 2.61 bits per heavy atom. The van der Waals surface area contributed by atoms with Gasteiger partial charge in [0.25, 0.3) is 0 Å². The summed E-state index contributed by atoms with van der Waals surface area (Å²) in [5.74, 6) is 0.470. The molecule has 0 unspecified atom stereocenters. The second kappa shape index (κ2) is 6.00. The van der Waals surface area contributed by atoms with E-state index >= 15 is 0 Å². The van der Waals surface area contributed by atoms with E-state index < -0.39 is 0 Å². The summed E-state index contributed by atoms with van der Waals surface area (Å²) in [5.41, 5.74) is 8.94. The lowest BCUT2D eigenvalue weighted by atomic mass is 10.1. The second-order valence-electron chi connectivity index (χ2n) is 4.13. The normalized spacial score (nSPS) is 12.6. The van der Waals surface area contributed by atoms with Crippen LogP contribution in [0.1, 0.15) is 31.4 Å². The molecule has 18 heavy (non-hydrogen) atoms. The average molecular weight is 245 g/mol. The molecule has 0 fully saturated rings. The van der Waals surface area contributed by atoms with Crippen LogP contribution in [0.25, 0.3) is 0 Å². The second-order valence-corrected chi connectivity index (χ2v) is 4.13. The molecule has 0 spiro atoms. The molecule has 0 heterocycles. The predicted octanol–water partition coefficient (Wildman–Crippen LogP) is 2.75. The molecule has 3 N–H and O–H groups in total. The largest absolute Gasteiger partial charge is 0.508 e. The summed E-state index contributed by atoms with van der Waals surface area (Å²) in [6, 6.07) is 5.16. The number of benzene rings is 1. The van der Waals surface area contributed by atoms with E-state index in [2.05, 4.69) is 16.8 Å². The van der Waals surface area contributed by atoms with Gasteiger partial charge in [-0.2, -0.15) is 5.10 Å². The van der Waals surface area contributed by atoms with Gasteiger partial charge in [-0.1, -0.05) is 25.6 Å². The molecule has 0 aliphatic heterocycles. The summed E-state index contributed by atoms with van der Waals surface area (Å²) in [6.07, 6.45) is 0.829. The van der Waals surface area contributed by atoms with E-state index in [9.17, 15) is 5.11 Å². The summed E-state index contributed by atoms with van der Waals surface area (Å²) in [7, 11) is 0. The van der Waals surface area contributed by atoms with Crippen LogP contribution in [0.5, 0.6) is 5.75 Å². The lowest BCUT2D eigenvalue weighted by molar-refractivity contribution is 0.471. The Morgan fingerprint density at radius 1 is 1.39 bits per heavy atom. The highest BCUT2D eigenvalue weighted by molar-refractivity contribution is 6.00.